The molecule has 0 saturated carbocycles. The number of hydrogen-bond acceptors (Lipinski definition) is 3. The average Bonchev–Trinajstić information content (AvgIpc) is 3.19. The minimum absolute atomic E-state index is 0.0261. The highest BCUT2D eigenvalue weighted by atomic mass is 19.1. The van der Waals surface area contributed by atoms with E-state index in [1.807, 2.05) is 0 Å². The van der Waals surface area contributed by atoms with Crippen molar-refractivity contribution in [1.82, 2.24) is 15.1 Å². The van der Waals surface area contributed by atoms with Crippen molar-refractivity contribution in [1.29, 1.82) is 0 Å². The number of aromatic nitrogens is 2. The van der Waals surface area contributed by atoms with E-state index in [1.165, 1.54) is 23.8 Å². The number of anilines is 1. The Morgan fingerprint density at radius 2 is 2.24 bits per heavy atom. The number of H-pyrrole nitrogens is 1. The summed E-state index contributed by atoms with van der Waals surface area (Å²) in [7, 11) is 1.70. The molecule has 1 unspecified atom stereocenters. The van der Waals surface area contributed by atoms with Crippen molar-refractivity contribution in [3.63, 3.8) is 0 Å². The smallest absolute Gasteiger partial charge is 0.230 e. The van der Waals surface area contributed by atoms with E-state index in [9.17, 15) is 14.0 Å². The van der Waals surface area contributed by atoms with Crippen LogP contribution in [0.1, 0.15) is 41.3 Å². The van der Waals surface area contributed by atoms with Gasteiger partial charge in [0.1, 0.15) is 5.82 Å². The molecule has 1 aliphatic carbocycles. The molecule has 6 nitrogen and oxygen atoms in total. The zero-order valence-corrected chi connectivity index (χ0v) is 13.9. The average molecular weight is 342 g/mol. The van der Waals surface area contributed by atoms with Gasteiger partial charge >= 0.3 is 0 Å². The zero-order valence-electron chi connectivity index (χ0n) is 13.9. The summed E-state index contributed by atoms with van der Waals surface area (Å²) in [6.45, 7) is 0.382. The number of rotatable bonds is 3. The minimum Gasteiger partial charge on any atom is -0.339 e. The van der Waals surface area contributed by atoms with Crippen molar-refractivity contribution in [2.45, 2.75) is 38.1 Å². The first-order valence-corrected chi connectivity index (χ1v) is 8.42. The summed E-state index contributed by atoms with van der Waals surface area (Å²) < 4.78 is 13.6. The van der Waals surface area contributed by atoms with Crippen molar-refractivity contribution in [2.24, 2.45) is 0 Å². The molecule has 1 atom stereocenters. The molecule has 4 rings (SSSR count). The highest BCUT2D eigenvalue weighted by Crippen LogP contribution is 2.34. The van der Waals surface area contributed by atoms with Crippen LogP contribution in [0.4, 0.5) is 10.1 Å². The van der Waals surface area contributed by atoms with Crippen LogP contribution < -0.4 is 5.32 Å². The molecule has 1 aromatic carbocycles. The van der Waals surface area contributed by atoms with E-state index >= 15 is 0 Å². The number of hydrogen-bond donors (Lipinski definition) is 2. The fourth-order valence-electron chi connectivity index (χ4n) is 3.74. The quantitative estimate of drug-likeness (QED) is 0.897. The van der Waals surface area contributed by atoms with Crippen LogP contribution in [-0.4, -0.2) is 34.0 Å². The summed E-state index contributed by atoms with van der Waals surface area (Å²) in [6, 6.07) is 4.11. The molecule has 7 heteroatoms. The number of aryl methyl sites for hydroxylation is 1. The lowest BCUT2D eigenvalue weighted by atomic mass is 9.89. The maximum atomic E-state index is 13.6. The van der Waals surface area contributed by atoms with Gasteiger partial charge in [-0.1, -0.05) is 0 Å². The monoisotopic (exact) mass is 342 g/mol. The lowest BCUT2D eigenvalue weighted by Crippen LogP contribution is -2.36. The SMILES string of the molecule is CN(Cc1n[nH]c2c1CCC2)C(=O)C1CC(=O)Nc2ccc(F)cc21. The highest BCUT2D eigenvalue weighted by Gasteiger charge is 2.33. The standard InChI is InChI=1S/C18H19FN4O2/c1-23(9-16-11-3-2-4-15(11)21-22-16)18(25)13-8-17(24)20-14-6-5-10(19)7-12(13)14/h5-7,13H,2-4,8-9H2,1H3,(H,20,24)(H,21,22). The number of carbonyl (C=O) groups is 2. The van der Waals surface area contributed by atoms with E-state index in [0.29, 0.717) is 17.8 Å². The summed E-state index contributed by atoms with van der Waals surface area (Å²) in [4.78, 5) is 26.4. The van der Waals surface area contributed by atoms with Gasteiger partial charge in [-0.3, -0.25) is 14.7 Å². The van der Waals surface area contributed by atoms with Gasteiger partial charge in [-0.2, -0.15) is 5.10 Å². The van der Waals surface area contributed by atoms with Gasteiger partial charge in [0.25, 0.3) is 0 Å². The molecule has 2 aromatic rings. The molecule has 1 aromatic heterocycles. The Kier molecular flexibility index (Phi) is 3.78. The topological polar surface area (TPSA) is 78.1 Å². The second-order valence-corrected chi connectivity index (χ2v) is 6.71. The fraction of sp³-hybridized carbons (Fsp3) is 0.389. The summed E-state index contributed by atoms with van der Waals surface area (Å²) >= 11 is 0. The number of nitrogens with zero attached hydrogens (tertiary/aromatic N) is 2. The zero-order chi connectivity index (χ0) is 17.6. The predicted octanol–water partition coefficient (Wildman–Crippen LogP) is 2.12. The number of likely N-dealkylation sites (N-methyl/N-ethyl adjacent to an activating group) is 1. The maximum absolute atomic E-state index is 13.6. The van der Waals surface area contributed by atoms with Crippen LogP contribution in [0.25, 0.3) is 0 Å². The number of nitrogens with one attached hydrogen (secondary N) is 2. The normalized spacial score (nSPS) is 18.5. The molecule has 0 fully saturated rings. The van der Waals surface area contributed by atoms with E-state index in [4.69, 9.17) is 0 Å². The summed E-state index contributed by atoms with van der Waals surface area (Å²) in [5.74, 6) is -1.51. The molecular weight excluding hydrogens is 323 g/mol. The van der Waals surface area contributed by atoms with Crippen LogP contribution >= 0.6 is 0 Å². The van der Waals surface area contributed by atoms with E-state index < -0.39 is 11.7 Å². The predicted molar refractivity (Wildman–Crippen MR) is 89.5 cm³/mol. The molecule has 1 aliphatic heterocycles. The van der Waals surface area contributed by atoms with Crippen LogP contribution in [0, 0.1) is 5.82 Å². The lowest BCUT2D eigenvalue weighted by molar-refractivity contribution is -0.134. The molecule has 0 saturated heterocycles. The highest BCUT2D eigenvalue weighted by molar-refractivity contribution is 6.01. The van der Waals surface area contributed by atoms with Gasteiger partial charge < -0.3 is 10.2 Å². The van der Waals surface area contributed by atoms with Crippen LogP contribution in [-0.2, 0) is 29.0 Å². The Morgan fingerprint density at radius 3 is 3.08 bits per heavy atom. The Balaban J connectivity index is 1.58. The number of aromatic amines is 1. The van der Waals surface area contributed by atoms with Crippen LogP contribution in [0.3, 0.4) is 0 Å². The van der Waals surface area contributed by atoms with Gasteiger partial charge in [-0.15, -0.1) is 0 Å². The molecule has 0 spiro atoms. The van der Waals surface area contributed by atoms with E-state index in [1.54, 1.807) is 11.9 Å². The molecule has 0 radical (unpaired) electrons. The van der Waals surface area contributed by atoms with E-state index in [-0.39, 0.29) is 18.2 Å². The third-order valence-corrected chi connectivity index (χ3v) is 5.01. The Bertz CT molecular complexity index is 861. The molecule has 2 heterocycles. The second-order valence-electron chi connectivity index (χ2n) is 6.71. The molecule has 25 heavy (non-hydrogen) atoms. The first-order valence-electron chi connectivity index (χ1n) is 8.42. The van der Waals surface area contributed by atoms with E-state index in [2.05, 4.69) is 15.5 Å². The summed E-state index contributed by atoms with van der Waals surface area (Å²) in [6.07, 6.45) is 3.10. The lowest BCUT2D eigenvalue weighted by Gasteiger charge is -2.28. The molecule has 2 amide bonds. The Morgan fingerprint density at radius 1 is 1.40 bits per heavy atom. The van der Waals surface area contributed by atoms with Crippen LogP contribution in [0.5, 0.6) is 0 Å². The van der Waals surface area contributed by atoms with Crippen molar-refractivity contribution in [3.05, 3.63) is 46.5 Å². The molecule has 2 aliphatic rings. The summed E-state index contributed by atoms with van der Waals surface area (Å²) in [5, 5.41) is 10.1. The van der Waals surface area contributed by atoms with Gasteiger partial charge in [-0.05, 0) is 48.6 Å². The number of amides is 2. The largest absolute Gasteiger partial charge is 0.339 e. The molecule has 130 valence electrons. The van der Waals surface area contributed by atoms with Crippen molar-refractivity contribution in [3.8, 4) is 0 Å². The van der Waals surface area contributed by atoms with Crippen molar-refractivity contribution < 1.29 is 14.0 Å². The molecule has 2 N–H and O–H groups in total. The van der Waals surface area contributed by atoms with Crippen LogP contribution in [0.2, 0.25) is 0 Å². The third kappa shape index (κ3) is 2.79. The number of halogens is 1. The van der Waals surface area contributed by atoms with Gasteiger partial charge in [0.2, 0.25) is 11.8 Å². The summed E-state index contributed by atoms with van der Waals surface area (Å²) in [5.41, 5.74) is 4.27. The van der Waals surface area contributed by atoms with E-state index in [0.717, 1.165) is 30.7 Å². The number of fused-ring (bicyclic) bond motifs is 2. The first-order chi connectivity index (χ1) is 12.0. The Labute approximate surface area is 144 Å². The second kappa shape index (κ2) is 5.98. The molecule has 0 bridgehead atoms. The first kappa shape index (κ1) is 15.8. The maximum Gasteiger partial charge on any atom is 0.230 e. The van der Waals surface area contributed by atoms with Gasteiger partial charge in [-0.25, -0.2) is 4.39 Å². The fourth-order valence-corrected chi connectivity index (χ4v) is 3.74. The van der Waals surface area contributed by atoms with Crippen molar-refractivity contribution in [2.75, 3.05) is 12.4 Å². The number of carbonyl (C=O) groups excluding carboxylic acids is 2. The number of benzene rings is 1. The van der Waals surface area contributed by atoms with Gasteiger partial charge in [0.05, 0.1) is 18.2 Å². The van der Waals surface area contributed by atoms with Gasteiger partial charge in [0, 0.05) is 24.8 Å². The van der Waals surface area contributed by atoms with Gasteiger partial charge in [0.15, 0.2) is 0 Å². The van der Waals surface area contributed by atoms with Crippen molar-refractivity contribution >= 4 is 17.5 Å². The third-order valence-electron chi connectivity index (χ3n) is 5.01. The Hall–Kier alpha value is -2.70. The molecular formula is C18H19FN4O2. The van der Waals surface area contributed by atoms with Crippen LogP contribution in [0.15, 0.2) is 18.2 Å². The minimum atomic E-state index is -0.670.